The van der Waals surface area contributed by atoms with Gasteiger partial charge in [0.05, 0.1) is 7.11 Å². The Morgan fingerprint density at radius 2 is 1.45 bits per heavy atom. The van der Waals surface area contributed by atoms with Crippen LogP contribution in [0.4, 0.5) is 0 Å². The number of hydrogen-bond acceptors (Lipinski definition) is 3. The van der Waals surface area contributed by atoms with E-state index in [0.717, 1.165) is 31.7 Å². The van der Waals surface area contributed by atoms with Crippen LogP contribution in [0.1, 0.15) is 48.3 Å². The highest BCUT2D eigenvalue weighted by atomic mass is 16.5. The number of ether oxygens (including phenoxy) is 1. The van der Waals surface area contributed by atoms with Crippen molar-refractivity contribution in [3.63, 3.8) is 0 Å². The lowest BCUT2D eigenvalue weighted by Crippen LogP contribution is -2.42. The maximum absolute atomic E-state index is 6.24. The Morgan fingerprint density at radius 1 is 0.839 bits per heavy atom. The Bertz CT molecular complexity index is 881. The molecular weight excluding hydrogens is 380 g/mol. The molecule has 1 saturated carbocycles. The van der Waals surface area contributed by atoms with E-state index >= 15 is 0 Å². The van der Waals surface area contributed by atoms with Crippen LogP contribution in [0.5, 0.6) is 5.75 Å². The largest absolute Gasteiger partial charge is 0.497 e. The summed E-state index contributed by atoms with van der Waals surface area (Å²) in [6, 6.07) is 31.3. The fourth-order valence-corrected chi connectivity index (χ4v) is 4.82. The highest BCUT2D eigenvalue weighted by molar-refractivity contribution is 5.33. The van der Waals surface area contributed by atoms with Gasteiger partial charge in [0.15, 0.2) is 0 Å². The monoisotopic (exact) mass is 414 g/mol. The van der Waals surface area contributed by atoms with E-state index in [9.17, 15) is 0 Å². The number of nitrogens with two attached hydrogens (primary N) is 1. The Labute approximate surface area is 186 Å². The maximum Gasteiger partial charge on any atom is 0.119 e. The van der Waals surface area contributed by atoms with E-state index in [1.54, 1.807) is 7.11 Å². The molecule has 3 heteroatoms. The van der Waals surface area contributed by atoms with Crippen molar-refractivity contribution in [2.45, 2.75) is 50.2 Å². The van der Waals surface area contributed by atoms with Gasteiger partial charge >= 0.3 is 0 Å². The SMILES string of the molecule is COc1cccc(CN(CC(c2ccccc2)c2ccccc2)C2CCC(N)CC2)c1. The molecule has 0 bridgehead atoms. The molecule has 3 aromatic carbocycles. The maximum atomic E-state index is 6.24. The van der Waals surface area contributed by atoms with Crippen LogP contribution in [0.15, 0.2) is 84.9 Å². The molecule has 0 heterocycles. The predicted octanol–water partition coefficient (Wildman–Crippen LogP) is 5.60. The topological polar surface area (TPSA) is 38.5 Å². The lowest BCUT2D eigenvalue weighted by atomic mass is 9.87. The Kier molecular flexibility index (Phi) is 7.39. The van der Waals surface area contributed by atoms with Crippen molar-refractivity contribution in [2.24, 2.45) is 5.73 Å². The van der Waals surface area contributed by atoms with E-state index < -0.39 is 0 Å². The molecular formula is C28H34N2O. The van der Waals surface area contributed by atoms with Crippen LogP contribution >= 0.6 is 0 Å². The van der Waals surface area contributed by atoms with Gasteiger partial charge in [-0.2, -0.15) is 0 Å². The van der Waals surface area contributed by atoms with E-state index in [-0.39, 0.29) is 0 Å². The minimum Gasteiger partial charge on any atom is -0.497 e. The third-order valence-corrected chi connectivity index (χ3v) is 6.60. The molecule has 2 N–H and O–H groups in total. The number of rotatable bonds is 8. The molecule has 31 heavy (non-hydrogen) atoms. The molecule has 3 aromatic rings. The van der Waals surface area contributed by atoms with Gasteiger partial charge in [-0.05, 0) is 54.5 Å². The van der Waals surface area contributed by atoms with Gasteiger partial charge in [0, 0.05) is 31.1 Å². The Morgan fingerprint density at radius 3 is 2.03 bits per heavy atom. The van der Waals surface area contributed by atoms with E-state index in [0.29, 0.717) is 18.0 Å². The summed E-state index contributed by atoms with van der Waals surface area (Å²) in [6.07, 6.45) is 4.56. The molecule has 0 saturated heterocycles. The van der Waals surface area contributed by atoms with E-state index in [1.807, 2.05) is 6.07 Å². The third-order valence-electron chi connectivity index (χ3n) is 6.60. The molecule has 1 aliphatic carbocycles. The van der Waals surface area contributed by atoms with Crippen molar-refractivity contribution in [2.75, 3.05) is 13.7 Å². The van der Waals surface area contributed by atoms with Crippen molar-refractivity contribution in [1.29, 1.82) is 0 Å². The fraction of sp³-hybridized carbons (Fsp3) is 0.357. The van der Waals surface area contributed by atoms with Crippen molar-refractivity contribution in [3.8, 4) is 5.75 Å². The summed E-state index contributed by atoms with van der Waals surface area (Å²) < 4.78 is 5.48. The second-order valence-electron chi connectivity index (χ2n) is 8.72. The summed E-state index contributed by atoms with van der Waals surface area (Å²) in [5.74, 6) is 1.26. The average Bonchev–Trinajstić information content (AvgIpc) is 2.83. The standard InChI is InChI=1S/C28H34N2O/c1-31-27-14-8-9-22(19-27)20-30(26-17-15-25(29)16-18-26)21-28(23-10-4-2-5-11-23)24-12-6-3-7-13-24/h2-14,19,25-26,28H,15-18,20-21,29H2,1H3. The zero-order valence-electron chi connectivity index (χ0n) is 18.5. The fourth-order valence-electron chi connectivity index (χ4n) is 4.82. The second kappa shape index (κ2) is 10.6. The zero-order chi connectivity index (χ0) is 21.5. The summed E-state index contributed by atoms with van der Waals surface area (Å²) in [7, 11) is 1.74. The third kappa shape index (κ3) is 5.75. The van der Waals surface area contributed by atoms with Crippen molar-refractivity contribution < 1.29 is 4.74 Å². The van der Waals surface area contributed by atoms with Gasteiger partial charge in [-0.3, -0.25) is 4.90 Å². The average molecular weight is 415 g/mol. The summed E-state index contributed by atoms with van der Waals surface area (Å²) in [6.45, 7) is 1.92. The van der Waals surface area contributed by atoms with Gasteiger partial charge in [0.25, 0.3) is 0 Å². The summed E-state index contributed by atoms with van der Waals surface area (Å²) in [5, 5.41) is 0. The zero-order valence-corrected chi connectivity index (χ0v) is 18.5. The van der Waals surface area contributed by atoms with Gasteiger partial charge in [-0.15, -0.1) is 0 Å². The molecule has 0 spiro atoms. The molecule has 0 amide bonds. The predicted molar refractivity (Wildman–Crippen MR) is 128 cm³/mol. The number of benzene rings is 3. The van der Waals surface area contributed by atoms with E-state index in [1.165, 1.54) is 29.5 Å². The molecule has 1 fully saturated rings. The van der Waals surface area contributed by atoms with Crippen LogP contribution in [0, 0.1) is 0 Å². The molecule has 162 valence electrons. The lowest BCUT2D eigenvalue weighted by molar-refractivity contribution is 0.137. The highest BCUT2D eigenvalue weighted by Crippen LogP contribution is 2.31. The molecule has 4 rings (SSSR count). The van der Waals surface area contributed by atoms with Crippen LogP contribution in [-0.2, 0) is 6.54 Å². The summed E-state index contributed by atoms with van der Waals surface area (Å²) in [4.78, 5) is 2.69. The van der Waals surface area contributed by atoms with Gasteiger partial charge in [-0.1, -0.05) is 72.8 Å². The number of methoxy groups -OCH3 is 1. The van der Waals surface area contributed by atoms with Crippen molar-refractivity contribution in [3.05, 3.63) is 102 Å². The molecule has 0 atom stereocenters. The quantitative estimate of drug-likeness (QED) is 0.521. The van der Waals surface area contributed by atoms with Crippen molar-refractivity contribution in [1.82, 2.24) is 4.90 Å². The van der Waals surface area contributed by atoms with Gasteiger partial charge in [0.1, 0.15) is 5.75 Å². The van der Waals surface area contributed by atoms with Crippen LogP contribution in [0.2, 0.25) is 0 Å². The van der Waals surface area contributed by atoms with Crippen molar-refractivity contribution >= 4 is 0 Å². The van der Waals surface area contributed by atoms with Crippen LogP contribution in [-0.4, -0.2) is 30.6 Å². The minimum atomic E-state index is 0.337. The van der Waals surface area contributed by atoms with E-state index in [2.05, 4.69) is 83.8 Å². The molecule has 0 unspecified atom stereocenters. The number of nitrogens with zero attached hydrogens (tertiary/aromatic N) is 1. The van der Waals surface area contributed by atoms with Crippen LogP contribution in [0.25, 0.3) is 0 Å². The molecule has 0 aliphatic heterocycles. The van der Waals surface area contributed by atoms with Crippen LogP contribution < -0.4 is 10.5 Å². The van der Waals surface area contributed by atoms with Gasteiger partial charge in [0.2, 0.25) is 0 Å². The molecule has 0 aromatic heterocycles. The smallest absolute Gasteiger partial charge is 0.119 e. The summed E-state index contributed by atoms with van der Waals surface area (Å²) in [5.41, 5.74) is 10.3. The van der Waals surface area contributed by atoms with Crippen LogP contribution in [0.3, 0.4) is 0 Å². The second-order valence-corrected chi connectivity index (χ2v) is 8.72. The minimum absolute atomic E-state index is 0.337. The molecule has 0 radical (unpaired) electrons. The van der Waals surface area contributed by atoms with Gasteiger partial charge < -0.3 is 10.5 Å². The first-order valence-corrected chi connectivity index (χ1v) is 11.5. The van der Waals surface area contributed by atoms with E-state index in [4.69, 9.17) is 10.5 Å². The normalized spacial score (nSPS) is 19.0. The Balaban J connectivity index is 1.63. The first-order chi connectivity index (χ1) is 15.2. The lowest BCUT2D eigenvalue weighted by Gasteiger charge is -2.38. The molecule has 1 aliphatic rings. The Hall–Kier alpha value is -2.62. The first-order valence-electron chi connectivity index (χ1n) is 11.5. The number of hydrogen-bond donors (Lipinski definition) is 1. The molecule has 3 nitrogen and oxygen atoms in total. The summed E-state index contributed by atoms with van der Waals surface area (Å²) >= 11 is 0. The van der Waals surface area contributed by atoms with Gasteiger partial charge in [-0.25, -0.2) is 0 Å². The highest BCUT2D eigenvalue weighted by Gasteiger charge is 2.27. The first kappa shape index (κ1) is 21.6.